The smallest absolute Gasteiger partial charge is 0.303 e. The molecule has 3 N–H and O–H groups in total. The topological polar surface area (TPSA) is 96.5 Å². The van der Waals surface area contributed by atoms with Crippen LogP contribution in [0.3, 0.4) is 0 Å². The van der Waals surface area contributed by atoms with Crippen LogP contribution in [0.5, 0.6) is 0 Å². The standard InChI is InChI=1S/C11H15N3O3/c1-14(6-2-3-10(15)16)9-5-4-8(7-13-9)11(12)17/h4-5,7H,2-3,6H2,1H3,(H2,12,17)(H,15,16). The van der Waals surface area contributed by atoms with Crippen molar-refractivity contribution >= 4 is 17.7 Å². The van der Waals surface area contributed by atoms with Crippen LogP contribution in [-0.4, -0.2) is 35.6 Å². The number of carboxylic acid groups (broad SMARTS) is 1. The van der Waals surface area contributed by atoms with E-state index in [1.807, 2.05) is 11.9 Å². The molecule has 6 nitrogen and oxygen atoms in total. The number of primary amides is 1. The van der Waals surface area contributed by atoms with E-state index in [4.69, 9.17) is 10.8 Å². The summed E-state index contributed by atoms with van der Waals surface area (Å²) in [6.07, 6.45) is 2.08. The zero-order valence-corrected chi connectivity index (χ0v) is 9.59. The van der Waals surface area contributed by atoms with E-state index in [9.17, 15) is 9.59 Å². The Bertz CT molecular complexity index is 403. The largest absolute Gasteiger partial charge is 0.481 e. The maximum absolute atomic E-state index is 10.8. The van der Waals surface area contributed by atoms with Gasteiger partial charge in [-0.15, -0.1) is 0 Å². The number of amides is 1. The molecule has 0 aliphatic carbocycles. The van der Waals surface area contributed by atoms with Crippen molar-refractivity contribution in [2.45, 2.75) is 12.8 Å². The number of hydrogen-bond donors (Lipinski definition) is 2. The Labute approximate surface area is 99.1 Å². The van der Waals surface area contributed by atoms with E-state index < -0.39 is 11.9 Å². The molecular weight excluding hydrogens is 222 g/mol. The SMILES string of the molecule is CN(CCCC(=O)O)c1ccc(C(N)=O)cn1. The van der Waals surface area contributed by atoms with Gasteiger partial charge in [0.15, 0.2) is 0 Å². The first-order valence-corrected chi connectivity index (χ1v) is 5.19. The van der Waals surface area contributed by atoms with E-state index in [1.54, 1.807) is 12.1 Å². The van der Waals surface area contributed by atoms with Crippen molar-refractivity contribution in [3.8, 4) is 0 Å². The second kappa shape index (κ2) is 5.83. The third kappa shape index (κ3) is 4.10. The molecule has 92 valence electrons. The molecular formula is C11H15N3O3. The zero-order chi connectivity index (χ0) is 12.8. The van der Waals surface area contributed by atoms with Crippen LogP contribution in [-0.2, 0) is 4.79 Å². The minimum absolute atomic E-state index is 0.129. The molecule has 1 aromatic rings. The van der Waals surface area contributed by atoms with Crippen LogP contribution < -0.4 is 10.6 Å². The summed E-state index contributed by atoms with van der Waals surface area (Å²) in [5.41, 5.74) is 5.45. The number of carbonyl (C=O) groups is 2. The molecule has 0 radical (unpaired) electrons. The van der Waals surface area contributed by atoms with Crippen molar-refractivity contribution in [1.29, 1.82) is 0 Å². The third-order valence-corrected chi connectivity index (χ3v) is 2.31. The number of nitrogens with zero attached hydrogens (tertiary/aromatic N) is 2. The van der Waals surface area contributed by atoms with Crippen LogP contribution in [0.4, 0.5) is 5.82 Å². The van der Waals surface area contributed by atoms with Gasteiger partial charge in [-0.25, -0.2) is 4.98 Å². The summed E-state index contributed by atoms with van der Waals surface area (Å²) < 4.78 is 0. The summed E-state index contributed by atoms with van der Waals surface area (Å²) in [4.78, 5) is 27.1. The van der Waals surface area contributed by atoms with Crippen LogP contribution in [0.1, 0.15) is 23.2 Å². The predicted octanol–water partition coefficient (Wildman–Crippen LogP) is 0.481. The molecule has 0 aromatic carbocycles. The van der Waals surface area contributed by atoms with Gasteiger partial charge in [-0.1, -0.05) is 0 Å². The van der Waals surface area contributed by atoms with Gasteiger partial charge < -0.3 is 15.7 Å². The molecule has 1 rings (SSSR count). The predicted molar refractivity (Wildman–Crippen MR) is 62.9 cm³/mol. The highest BCUT2D eigenvalue weighted by Crippen LogP contribution is 2.10. The number of anilines is 1. The van der Waals surface area contributed by atoms with Gasteiger partial charge in [0.25, 0.3) is 0 Å². The summed E-state index contributed by atoms with van der Waals surface area (Å²) in [6.45, 7) is 0.592. The molecule has 17 heavy (non-hydrogen) atoms. The van der Waals surface area contributed by atoms with Crippen LogP contribution >= 0.6 is 0 Å². The van der Waals surface area contributed by atoms with Crippen molar-refractivity contribution in [1.82, 2.24) is 4.98 Å². The van der Waals surface area contributed by atoms with E-state index in [0.717, 1.165) is 0 Å². The Kier molecular flexibility index (Phi) is 4.45. The summed E-state index contributed by atoms with van der Waals surface area (Å²) in [5.74, 6) is -0.645. The van der Waals surface area contributed by atoms with Crippen LogP contribution in [0.15, 0.2) is 18.3 Å². The van der Waals surface area contributed by atoms with Crippen molar-refractivity contribution in [2.75, 3.05) is 18.5 Å². The first kappa shape index (κ1) is 13.0. The number of carboxylic acids is 1. The average molecular weight is 237 g/mol. The van der Waals surface area contributed by atoms with Crippen LogP contribution in [0.2, 0.25) is 0 Å². The summed E-state index contributed by atoms with van der Waals surface area (Å²) in [7, 11) is 1.81. The molecule has 0 saturated heterocycles. The fraction of sp³-hybridized carbons (Fsp3) is 0.364. The van der Waals surface area contributed by atoms with Gasteiger partial charge in [0, 0.05) is 26.2 Å². The minimum atomic E-state index is -0.810. The first-order chi connectivity index (χ1) is 8.00. The molecule has 0 bridgehead atoms. The molecule has 0 spiro atoms. The van der Waals surface area contributed by atoms with Gasteiger partial charge in [0.05, 0.1) is 5.56 Å². The lowest BCUT2D eigenvalue weighted by atomic mass is 10.2. The first-order valence-electron chi connectivity index (χ1n) is 5.19. The Morgan fingerprint density at radius 3 is 2.65 bits per heavy atom. The lowest BCUT2D eigenvalue weighted by Crippen LogP contribution is -2.21. The van der Waals surface area contributed by atoms with Gasteiger partial charge in [-0.2, -0.15) is 0 Å². The van der Waals surface area contributed by atoms with Crippen molar-refractivity contribution < 1.29 is 14.7 Å². The van der Waals surface area contributed by atoms with E-state index in [-0.39, 0.29) is 6.42 Å². The molecule has 1 amide bonds. The highest BCUT2D eigenvalue weighted by Gasteiger charge is 2.05. The molecule has 0 aliphatic rings. The molecule has 0 atom stereocenters. The fourth-order valence-electron chi connectivity index (χ4n) is 1.34. The van der Waals surface area contributed by atoms with Crippen molar-refractivity contribution in [2.24, 2.45) is 5.73 Å². The number of aliphatic carboxylic acids is 1. The second-order valence-corrected chi connectivity index (χ2v) is 3.69. The molecule has 0 saturated carbocycles. The van der Waals surface area contributed by atoms with Gasteiger partial charge in [-0.3, -0.25) is 9.59 Å². The maximum atomic E-state index is 10.8. The lowest BCUT2D eigenvalue weighted by Gasteiger charge is -2.17. The Balaban J connectivity index is 2.54. The molecule has 0 unspecified atom stereocenters. The minimum Gasteiger partial charge on any atom is -0.481 e. The second-order valence-electron chi connectivity index (χ2n) is 3.69. The summed E-state index contributed by atoms with van der Waals surface area (Å²) in [5, 5.41) is 8.51. The van der Waals surface area contributed by atoms with E-state index >= 15 is 0 Å². The molecule has 1 heterocycles. The molecule has 1 aromatic heterocycles. The summed E-state index contributed by atoms with van der Waals surface area (Å²) in [6, 6.07) is 3.28. The average Bonchev–Trinajstić information content (AvgIpc) is 2.28. The molecule has 6 heteroatoms. The number of nitrogens with two attached hydrogens (primary N) is 1. The maximum Gasteiger partial charge on any atom is 0.303 e. The third-order valence-electron chi connectivity index (χ3n) is 2.31. The monoisotopic (exact) mass is 237 g/mol. The van der Waals surface area contributed by atoms with Gasteiger partial charge in [0.1, 0.15) is 5.82 Å². The number of hydrogen-bond acceptors (Lipinski definition) is 4. The van der Waals surface area contributed by atoms with E-state index in [1.165, 1.54) is 6.20 Å². The highest BCUT2D eigenvalue weighted by atomic mass is 16.4. The van der Waals surface area contributed by atoms with Crippen LogP contribution in [0.25, 0.3) is 0 Å². The molecule has 0 fully saturated rings. The number of aromatic nitrogens is 1. The zero-order valence-electron chi connectivity index (χ0n) is 9.59. The van der Waals surface area contributed by atoms with Gasteiger partial charge in [-0.05, 0) is 18.6 Å². The fourth-order valence-corrected chi connectivity index (χ4v) is 1.34. The Morgan fingerprint density at radius 1 is 1.47 bits per heavy atom. The van der Waals surface area contributed by atoms with E-state index in [0.29, 0.717) is 24.3 Å². The van der Waals surface area contributed by atoms with Crippen LogP contribution in [0, 0.1) is 0 Å². The van der Waals surface area contributed by atoms with Gasteiger partial charge in [0.2, 0.25) is 5.91 Å². The number of pyridine rings is 1. The summed E-state index contributed by atoms with van der Waals surface area (Å²) >= 11 is 0. The van der Waals surface area contributed by atoms with Crippen molar-refractivity contribution in [3.05, 3.63) is 23.9 Å². The quantitative estimate of drug-likeness (QED) is 0.750. The van der Waals surface area contributed by atoms with Gasteiger partial charge >= 0.3 is 5.97 Å². The molecule has 0 aliphatic heterocycles. The van der Waals surface area contributed by atoms with E-state index in [2.05, 4.69) is 4.98 Å². The Hall–Kier alpha value is -2.11. The number of carbonyl (C=O) groups excluding carboxylic acids is 1. The number of rotatable bonds is 6. The highest BCUT2D eigenvalue weighted by molar-refractivity contribution is 5.92. The normalized spacial score (nSPS) is 9.94. The van der Waals surface area contributed by atoms with Crippen molar-refractivity contribution in [3.63, 3.8) is 0 Å². The Morgan fingerprint density at radius 2 is 2.18 bits per heavy atom. The lowest BCUT2D eigenvalue weighted by molar-refractivity contribution is -0.137.